The Labute approximate surface area is 152 Å². The molecular weight excluding hydrogens is 359 g/mol. The van der Waals surface area contributed by atoms with Crippen LogP contribution in [0.4, 0.5) is 13.2 Å². The van der Waals surface area contributed by atoms with Crippen LogP contribution < -0.4 is 4.74 Å². The van der Waals surface area contributed by atoms with Crippen molar-refractivity contribution in [1.29, 1.82) is 0 Å². The smallest absolute Gasteiger partial charge is 0.256 e. The van der Waals surface area contributed by atoms with Crippen molar-refractivity contribution in [2.45, 2.75) is 26.8 Å². The third-order valence-corrected chi connectivity index (χ3v) is 4.41. The standard InChI is InChI=1S/C18H16F3N5O/c1-9-22-18(27-3)17-12(4-5-26(17)24-9)11-6-13(19)16-14(7-11)25(8-15(20)21)10(2)23-16/h4-7,15H,8H2,1-3H3. The van der Waals surface area contributed by atoms with Gasteiger partial charge in [0.2, 0.25) is 5.88 Å². The third-order valence-electron chi connectivity index (χ3n) is 4.41. The highest BCUT2D eigenvalue weighted by atomic mass is 19.3. The number of imidazole rings is 1. The van der Waals surface area contributed by atoms with Crippen molar-refractivity contribution in [3.63, 3.8) is 0 Å². The molecule has 9 heteroatoms. The van der Waals surface area contributed by atoms with E-state index in [1.807, 2.05) is 0 Å². The van der Waals surface area contributed by atoms with Gasteiger partial charge in [-0.2, -0.15) is 10.1 Å². The summed E-state index contributed by atoms with van der Waals surface area (Å²) >= 11 is 0. The Bertz CT molecular complexity index is 1170. The lowest BCUT2D eigenvalue weighted by Crippen LogP contribution is -2.08. The van der Waals surface area contributed by atoms with Gasteiger partial charge >= 0.3 is 0 Å². The molecule has 0 bridgehead atoms. The monoisotopic (exact) mass is 375 g/mol. The molecule has 0 aliphatic rings. The fraction of sp³-hybridized carbons (Fsp3) is 0.278. The van der Waals surface area contributed by atoms with Gasteiger partial charge in [0, 0.05) is 11.8 Å². The van der Waals surface area contributed by atoms with Crippen LogP contribution in [0.25, 0.3) is 27.7 Å². The van der Waals surface area contributed by atoms with Gasteiger partial charge in [0.05, 0.1) is 19.2 Å². The van der Waals surface area contributed by atoms with Gasteiger partial charge in [-0.05, 0) is 37.6 Å². The summed E-state index contributed by atoms with van der Waals surface area (Å²) in [5.41, 5.74) is 2.09. The number of benzene rings is 1. The number of methoxy groups -OCH3 is 1. The van der Waals surface area contributed by atoms with Gasteiger partial charge in [-0.1, -0.05) is 0 Å². The molecule has 0 aliphatic heterocycles. The summed E-state index contributed by atoms with van der Waals surface area (Å²) in [5, 5.41) is 4.29. The largest absolute Gasteiger partial charge is 0.479 e. The van der Waals surface area contributed by atoms with Gasteiger partial charge in [0.1, 0.15) is 22.7 Å². The lowest BCUT2D eigenvalue weighted by Gasteiger charge is -2.09. The Balaban J connectivity index is 1.99. The molecule has 0 amide bonds. The van der Waals surface area contributed by atoms with Crippen LogP contribution in [-0.4, -0.2) is 37.7 Å². The summed E-state index contributed by atoms with van der Waals surface area (Å²) in [5.74, 6) is 0.624. The van der Waals surface area contributed by atoms with E-state index in [1.165, 1.54) is 17.7 Å². The molecule has 0 saturated carbocycles. The van der Waals surface area contributed by atoms with Crippen LogP contribution in [0.2, 0.25) is 0 Å². The molecular formula is C18H16F3N5O. The highest BCUT2D eigenvalue weighted by Gasteiger charge is 2.19. The van der Waals surface area contributed by atoms with E-state index in [-0.39, 0.29) is 5.52 Å². The zero-order chi connectivity index (χ0) is 19.3. The maximum atomic E-state index is 14.7. The van der Waals surface area contributed by atoms with Crippen LogP contribution >= 0.6 is 0 Å². The molecule has 4 aromatic rings. The van der Waals surface area contributed by atoms with Crippen LogP contribution in [-0.2, 0) is 6.54 Å². The highest BCUT2D eigenvalue weighted by Crippen LogP contribution is 2.34. The average Bonchev–Trinajstić information content (AvgIpc) is 3.16. The van der Waals surface area contributed by atoms with E-state index in [9.17, 15) is 13.2 Å². The molecule has 3 heterocycles. The van der Waals surface area contributed by atoms with Crippen LogP contribution in [0.5, 0.6) is 5.88 Å². The van der Waals surface area contributed by atoms with Crippen molar-refractivity contribution in [2.75, 3.05) is 7.11 Å². The van der Waals surface area contributed by atoms with Crippen LogP contribution in [0.1, 0.15) is 11.6 Å². The minimum atomic E-state index is -2.57. The van der Waals surface area contributed by atoms with E-state index in [1.54, 1.807) is 36.7 Å². The number of rotatable bonds is 4. The molecule has 3 aromatic heterocycles. The molecule has 0 spiro atoms. The van der Waals surface area contributed by atoms with Crippen LogP contribution in [0.3, 0.4) is 0 Å². The lowest BCUT2D eigenvalue weighted by molar-refractivity contribution is 0.127. The first-order chi connectivity index (χ1) is 12.9. The minimum Gasteiger partial charge on any atom is -0.479 e. The summed E-state index contributed by atoms with van der Waals surface area (Å²) in [6, 6.07) is 4.73. The van der Waals surface area contributed by atoms with Gasteiger partial charge in [-0.15, -0.1) is 0 Å². The van der Waals surface area contributed by atoms with Crippen molar-refractivity contribution in [3.05, 3.63) is 41.9 Å². The first-order valence-corrected chi connectivity index (χ1v) is 8.24. The molecule has 0 atom stereocenters. The second-order valence-electron chi connectivity index (χ2n) is 6.18. The molecule has 4 rings (SSSR count). The minimum absolute atomic E-state index is 0.0690. The molecule has 0 N–H and O–H groups in total. The van der Waals surface area contributed by atoms with Gasteiger partial charge in [0.15, 0.2) is 5.82 Å². The number of aryl methyl sites for hydroxylation is 2. The van der Waals surface area contributed by atoms with E-state index in [0.717, 1.165) is 0 Å². The first kappa shape index (κ1) is 17.3. The molecule has 6 nitrogen and oxygen atoms in total. The second-order valence-corrected chi connectivity index (χ2v) is 6.18. The molecule has 140 valence electrons. The number of fused-ring (bicyclic) bond motifs is 2. The zero-order valence-corrected chi connectivity index (χ0v) is 14.9. The Morgan fingerprint density at radius 3 is 2.67 bits per heavy atom. The molecule has 0 radical (unpaired) electrons. The quantitative estimate of drug-likeness (QED) is 0.545. The Morgan fingerprint density at radius 2 is 1.96 bits per heavy atom. The molecule has 27 heavy (non-hydrogen) atoms. The van der Waals surface area contributed by atoms with E-state index in [2.05, 4.69) is 15.1 Å². The van der Waals surface area contributed by atoms with Crippen molar-refractivity contribution in [3.8, 4) is 17.0 Å². The normalized spacial score (nSPS) is 11.8. The zero-order valence-electron chi connectivity index (χ0n) is 14.9. The summed E-state index contributed by atoms with van der Waals surface area (Å²) in [4.78, 5) is 8.36. The molecule has 0 saturated heterocycles. The van der Waals surface area contributed by atoms with Crippen LogP contribution in [0.15, 0.2) is 24.4 Å². The van der Waals surface area contributed by atoms with Crippen molar-refractivity contribution in [2.24, 2.45) is 0 Å². The SMILES string of the molecule is COc1nc(C)nn2ccc(-c3cc(F)c4nc(C)n(CC(F)F)c4c3)c12. The lowest BCUT2D eigenvalue weighted by atomic mass is 10.1. The van der Waals surface area contributed by atoms with E-state index >= 15 is 0 Å². The molecule has 0 unspecified atom stereocenters. The van der Waals surface area contributed by atoms with Gasteiger partial charge < -0.3 is 9.30 Å². The fourth-order valence-electron chi connectivity index (χ4n) is 3.29. The maximum absolute atomic E-state index is 14.7. The number of alkyl halides is 2. The summed E-state index contributed by atoms with van der Waals surface area (Å²) in [6.07, 6.45) is -0.856. The predicted octanol–water partition coefficient (Wildman–Crippen LogP) is 3.78. The summed E-state index contributed by atoms with van der Waals surface area (Å²) in [6.45, 7) is 2.77. The average molecular weight is 375 g/mol. The number of hydrogen-bond donors (Lipinski definition) is 0. The molecule has 1 aromatic carbocycles. The number of nitrogens with zero attached hydrogens (tertiary/aromatic N) is 5. The van der Waals surface area contributed by atoms with E-state index < -0.39 is 18.8 Å². The summed E-state index contributed by atoms with van der Waals surface area (Å²) < 4.78 is 48.8. The molecule has 0 aliphatic carbocycles. The number of halogens is 3. The number of aromatic nitrogens is 5. The topological polar surface area (TPSA) is 57.2 Å². The van der Waals surface area contributed by atoms with E-state index in [0.29, 0.717) is 39.7 Å². The maximum Gasteiger partial charge on any atom is 0.256 e. The van der Waals surface area contributed by atoms with Gasteiger partial charge in [-0.25, -0.2) is 22.7 Å². The van der Waals surface area contributed by atoms with Crippen LogP contribution in [0, 0.1) is 19.7 Å². The first-order valence-electron chi connectivity index (χ1n) is 8.24. The van der Waals surface area contributed by atoms with Crippen molar-refractivity contribution < 1.29 is 17.9 Å². The number of hydrogen-bond acceptors (Lipinski definition) is 4. The fourth-order valence-corrected chi connectivity index (χ4v) is 3.29. The van der Waals surface area contributed by atoms with Gasteiger partial charge in [-0.3, -0.25) is 0 Å². The van der Waals surface area contributed by atoms with Gasteiger partial charge in [0.25, 0.3) is 6.43 Å². The predicted molar refractivity (Wildman–Crippen MR) is 93.7 cm³/mol. The Hall–Kier alpha value is -3.10. The van der Waals surface area contributed by atoms with Crippen molar-refractivity contribution >= 4 is 16.6 Å². The Kier molecular flexibility index (Phi) is 4.01. The summed E-state index contributed by atoms with van der Waals surface area (Å²) in [7, 11) is 1.49. The van der Waals surface area contributed by atoms with Crippen molar-refractivity contribution in [1.82, 2.24) is 24.1 Å². The highest BCUT2D eigenvalue weighted by molar-refractivity contribution is 5.90. The number of ether oxygens (including phenoxy) is 1. The molecule has 0 fully saturated rings. The van der Waals surface area contributed by atoms with E-state index in [4.69, 9.17) is 4.74 Å². The second kappa shape index (κ2) is 6.26. The third kappa shape index (κ3) is 2.79. The Morgan fingerprint density at radius 1 is 1.19 bits per heavy atom.